The van der Waals surface area contributed by atoms with Crippen molar-refractivity contribution >= 4 is 95.0 Å². The van der Waals surface area contributed by atoms with Crippen molar-refractivity contribution in [3.63, 3.8) is 0 Å². The number of ketones is 4. The summed E-state index contributed by atoms with van der Waals surface area (Å²) in [6, 6.07) is 1.35. The van der Waals surface area contributed by atoms with E-state index in [-0.39, 0.29) is 38.7 Å². The van der Waals surface area contributed by atoms with Crippen molar-refractivity contribution in [3.8, 4) is 0 Å². The average molecular weight is 846 g/mol. The molecule has 0 bridgehead atoms. The Morgan fingerprint density at radius 3 is 1.34 bits per heavy atom. The van der Waals surface area contributed by atoms with Gasteiger partial charge in [-0.15, -0.1) is 0 Å². The van der Waals surface area contributed by atoms with Gasteiger partial charge in [0.15, 0.2) is 0 Å². The van der Waals surface area contributed by atoms with Gasteiger partial charge in [-0.2, -0.15) is 0 Å². The number of nitrogens with zero attached hydrogens (tertiary/aromatic N) is 2. The summed E-state index contributed by atoms with van der Waals surface area (Å²) in [5.41, 5.74) is -8.22. The van der Waals surface area contributed by atoms with Crippen LogP contribution in [0.15, 0.2) is 12.1 Å². The van der Waals surface area contributed by atoms with Gasteiger partial charge in [0, 0.05) is 46.1 Å². The molecule has 3 N–H and O–H groups in total. The molecule has 19 heteroatoms. The summed E-state index contributed by atoms with van der Waals surface area (Å²) in [5, 5.41) is 2.74. The van der Waals surface area contributed by atoms with E-state index >= 15 is 0 Å². The first-order valence-electron chi connectivity index (χ1n) is 19.4. The van der Waals surface area contributed by atoms with Crippen molar-refractivity contribution in [2.45, 2.75) is 92.9 Å². The number of nitrogens with one attached hydrogen (secondary N) is 3. The summed E-state index contributed by atoms with van der Waals surface area (Å²) in [6.07, 6.45) is 5.31. The fourth-order valence-corrected chi connectivity index (χ4v) is 7.20. The zero-order valence-corrected chi connectivity index (χ0v) is 34.6. The van der Waals surface area contributed by atoms with Crippen LogP contribution in [0.25, 0.3) is 10.8 Å². The molecular weight excluding hydrogens is 798 g/mol. The molecule has 2 aromatic carbocycles. The molecule has 1 aliphatic heterocycles. The van der Waals surface area contributed by atoms with E-state index in [4.69, 9.17) is 0 Å². The number of carbonyl (C=O) groups is 14. The number of carbonyl (C=O) groups excluding carboxylic acids is 14. The molecule has 324 valence electrons. The van der Waals surface area contributed by atoms with E-state index in [0.717, 1.165) is 25.7 Å². The maximum Gasteiger partial charge on any atom is 0.301 e. The number of amides is 10. The minimum atomic E-state index is -1.85. The summed E-state index contributed by atoms with van der Waals surface area (Å²) >= 11 is 0. The zero-order chi connectivity index (χ0) is 46.0. The monoisotopic (exact) mass is 845 g/mol. The van der Waals surface area contributed by atoms with Gasteiger partial charge in [-0.1, -0.05) is 80.1 Å². The van der Waals surface area contributed by atoms with Crippen LogP contribution in [-0.2, 0) is 38.4 Å². The van der Waals surface area contributed by atoms with Gasteiger partial charge in [-0.25, -0.2) is 0 Å². The van der Waals surface area contributed by atoms with E-state index in [0.29, 0.717) is 47.6 Å². The van der Waals surface area contributed by atoms with Crippen molar-refractivity contribution in [3.05, 3.63) is 45.5 Å². The third kappa shape index (κ3) is 10.6. The number of hydrogen-bond donors (Lipinski definition) is 3. The largest absolute Gasteiger partial charge is 0.301 e. The molecule has 0 saturated carbocycles. The van der Waals surface area contributed by atoms with Crippen LogP contribution in [-0.4, -0.2) is 107 Å². The molecule has 10 amide bonds. The molecule has 3 rings (SSSR count). The van der Waals surface area contributed by atoms with Crippen molar-refractivity contribution in [1.82, 2.24) is 25.8 Å². The third-order valence-electron chi connectivity index (χ3n) is 10.1. The molecule has 0 saturated heterocycles. The lowest BCUT2D eigenvalue weighted by Gasteiger charge is -2.29. The molecule has 0 spiro atoms. The molecule has 0 fully saturated rings. The van der Waals surface area contributed by atoms with E-state index in [1.165, 1.54) is 5.32 Å². The lowest BCUT2D eigenvalue weighted by Crippen LogP contribution is -2.42. The minimum Gasteiger partial charge on any atom is -0.292 e. The maximum absolute atomic E-state index is 14.6. The van der Waals surface area contributed by atoms with E-state index in [2.05, 4.69) is 0 Å². The van der Waals surface area contributed by atoms with Crippen LogP contribution in [0.2, 0.25) is 0 Å². The Morgan fingerprint density at radius 1 is 0.574 bits per heavy atom. The number of Topliss-reactive ketones (excluding diaryl/α,β-unsaturated/α-hetero) is 4. The van der Waals surface area contributed by atoms with E-state index in [1.807, 2.05) is 19.2 Å². The van der Waals surface area contributed by atoms with Gasteiger partial charge in [-0.3, -0.25) is 92.9 Å². The minimum absolute atomic E-state index is 0.0199. The molecule has 0 atom stereocenters. The van der Waals surface area contributed by atoms with Gasteiger partial charge in [0.05, 0.1) is 11.1 Å². The molecule has 0 aliphatic carbocycles. The van der Waals surface area contributed by atoms with Crippen LogP contribution in [0.4, 0.5) is 0 Å². The van der Waals surface area contributed by atoms with Crippen LogP contribution < -0.4 is 16.0 Å². The Kier molecular flexibility index (Phi) is 16.2. The highest BCUT2D eigenvalue weighted by molar-refractivity contribution is 6.56. The van der Waals surface area contributed by atoms with Crippen molar-refractivity contribution in [2.75, 3.05) is 13.1 Å². The van der Waals surface area contributed by atoms with Crippen molar-refractivity contribution in [2.24, 2.45) is 10.8 Å². The average Bonchev–Trinajstić information content (AvgIpc) is 3.51. The van der Waals surface area contributed by atoms with E-state index < -0.39 is 114 Å². The lowest BCUT2D eigenvalue weighted by atomic mass is 9.80. The highest BCUT2D eigenvalue weighted by atomic mass is 16.2. The van der Waals surface area contributed by atoms with Crippen LogP contribution in [0.3, 0.4) is 0 Å². The summed E-state index contributed by atoms with van der Waals surface area (Å²) < 4.78 is 0. The molecule has 1 heterocycles. The Balaban J connectivity index is 2.60. The van der Waals surface area contributed by atoms with Gasteiger partial charge in [-0.05, 0) is 35.8 Å². The first-order chi connectivity index (χ1) is 28.7. The lowest BCUT2D eigenvalue weighted by molar-refractivity contribution is -0.137. The molecule has 0 aromatic heterocycles. The highest BCUT2D eigenvalue weighted by Gasteiger charge is 2.45. The smallest absolute Gasteiger partial charge is 0.292 e. The zero-order valence-electron chi connectivity index (χ0n) is 34.6. The second-order valence-corrected chi connectivity index (χ2v) is 16.0. The highest BCUT2D eigenvalue weighted by Crippen LogP contribution is 2.39. The van der Waals surface area contributed by atoms with Crippen LogP contribution in [0.1, 0.15) is 155 Å². The first kappa shape index (κ1) is 48.4. The number of fused-ring (bicyclic) bond motifs is 2. The predicted octanol–water partition coefficient (Wildman–Crippen LogP) is 2.18. The van der Waals surface area contributed by atoms with Gasteiger partial charge < -0.3 is 0 Å². The standard InChI is InChI=1S/C42H47N5O14/c1-7-9-11-15-41(3,4)17-46(21-50)39(60)32(53)24-14-13-23(31(52)37(58)43-19-48)25-26(24)27(33(54)38(59)44-20-49)29-30(36(57)45-35(29)56)28(25)34(55)40(61)47(22-51)18-42(5,6)16-12-10-8-2/h13-14,19-22H,7-12,15-18H2,1-6H3,(H,43,48,58)(H,44,49,59)(H,45,56,57). The second-order valence-electron chi connectivity index (χ2n) is 16.0. The van der Waals surface area contributed by atoms with E-state index in [9.17, 15) is 67.1 Å². The van der Waals surface area contributed by atoms with Crippen LogP contribution in [0, 0.1) is 10.8 Å². The fourth-order valence-electron chi connectivity index (χ4n) is 7.20. The number of benzene rings is 2. The number of imide groups is 5. The van der Waals surface area contributed by atoms with E-state index in [1.54, 1.807) is 33.0 Å². The summed E-state index contributed by atoms with van der Waals surface area (Å²) in [5.74, 6) is -16.6. The molecule has 61 heavy (non-hydrogen) atoms. The van der Waals surface area contributed by atoms with Gasteiger partial charge in [0.1, 0.15) is 0 Å². The van der Waals surface area contributed by atoms with Crippen molar-refractivity contribution in [1.29, 1.82) is 0 Å². The van der Waals surface area contributed by atoms with Gasteiger partial charge in [0.2, 0.25) is 25.6 Å². The number of unbranched alkanes of at least 4 members (excludes halogenated alkanes) is 4. The number of hydrogen-bond acceptors (Lipinski definition) is 14. The molecule has 2 aromatic rings. The van der Waals surface area contributed by atoms with Gasteiger partial charge in [0.25, 0.3) is 46.8 Å². The SMILES string of the molecule is CCCCCC(C)(C)CN(C=O)C(=O)C(=O)c1ccc(C(=O)C(=O)NC=O)c2c(C(=O)C(=O)N(C=O)CC(C)(C)CCCCC)c3c(c(C(=O)C(=O)NC=O)c12)C(=O)NC3=O. The first-order valence-corrected chi connectivity index (χ1v) is 19.4. The Labute approximate surface area is 349 Å². The summed E-state index contributed by atoms with van der Waals surface area (Å²) in [7, 11) is 0. The Bertz CT molecular complexity index is 2260. The number of rotatable bonds is 24. The second kappa shape index (κ2) is 20.4. The van der Waals surface area contributed by atoms with Crippen LogP contribution >= 0.6 is 0 Å². The summed E-state index contributed by atoms with van der Waals surface area (Å²) in [4.78, 5) is 186. The molecule has 0 radical (unpaired) electrons. The predicted molar refractivity (Wildman–Crippen MR) is 213 cm³/mol. The topological polar surface area (TPSA) is 282 Å². The molecule has 19 nitrogen and oxygen atoms in total. The van der Waals surface area contributed by atoms with Crippen molar-refractivity contribution < 1.29 is 67.1 Å². The summed E-state index contributed by atoms with van der Waals surface area (Å²) in [6.45, 7) is 10.1. The maximum atomic E-state index is 14.6. The normalized spacial score (nSPS) is 12.1. The Morgan fingerprint density at radius 2 is 0.951 bits per heavy atom. The molecule has 1 aliphatic rings. The van der Waals surface area contributed by atoms with Gasteiger partial charge >= 0.3 is 11.8 Å². The third-order valence-corrected chi connectivity index (χ3v) is 10.1. The Hall–Kier alpha value is -6.92. The molecule has 0 unspecified atom stereocenters. The fraction of sp³-hybridized carbons (Fsp3) is 0.429. The van der Waals surface area contributed by atoms with Crippen LogP contribution in [0.5, 0.6) is 0 Å². The quantitative estimate of drug-likeness (QED) is 0.0449. The molecular formula is C42H47N5O14.